The van der Waals surface area contributed by atoms with Crippen LogP contribution in [0.2, 0.25) is 0 Å². The van der Waals surface area contributed by atoms with Gasteiger partial charge in [-0.25, -0.2) is 0 Å². The fraction of sp³-hybridized carbons (Fsp3) is 0.0714. The molecule has 0 amide bonds. The number of aliphatic imine (C=N–C) groups is 1. The second-order valence-electron chi connectivity index (χ2n) is 4.36. The highest BCUT2D eigenvalue weighted by Crippen LogP contribution is 2.36. The van der Waals surface area contributed by atoms with Crippen LogP contribution in [0.25, 0.3) is 11.1 Å². The largest absolute Gasteiger partial charge is 0.384 e. The van der Waals surface area contributed by atoms with E-state index in [0.717, 1.165) is 0 Å². The third kappa shape index (κ3) is 2.57. The summed E-state index contributed by atoms with van der Waals surface area (Å²) in [6, 6.07) is 8.07. The number of nitriles is 1. The summed E-state index contributed by atoms with van der Waals surface area (Å²) in [6.07, 6.45) is 0. The van der Waals surface area contributed by atoms with E-state index >= 15 is 0 Å². The van der Waals surface area contributed by atoms with Gasteiger partial charge in [0, 0.05) is 17.2 Å². The summed E-state index contributed by atoms with van der Waals surface area (Å²) in [6.45, 7) is 3.53. The van der Waals surface area contributed by atoms with E-state index in [4.69, 9.17) is 18.0 Å². The maximum atomic E-state index is 11.3. The number of hydrogen-bond donors (Lipinski definition) is 2. The predicted octanol–water partition coefficient (Wildman–Crippen LogP) is 2.97. The number of nitrogens with zero attached hydrogens (tertiary/aromatic N) is 3. The molecule has 1 heterocycles. The molecule has 0 atom stereocenters. The van der Waals surface area contributed by atoms with Gasteiger partial charge < -0.3 is 10.7 Å². The predicted molar refractivity (Wildman–Crippen MR) is 86.1 cm³/mol. The van der Waals surface area contributed by atoms with Gasteiger partial charge in [0.1, 0.15) is 22.1 Å². The Morgan fingerprint density at radius 1 is 1.50 bits per heavy atom. The fourth-order valence-corrected chi connectivity index (χ4v) is 2.46. The lowest BCUT2D eigenvalue weighted by Crippen LogP contribution is -2.04. The highest BCUT2D eigenvalue weighted by atomic mass is 32.1. The maximum Gasteiger partial charge on any atom is 0.277 e. The average molecular weight is 313 g/mol. The molecule has 1 aromatic heterocycles. The molecule has 0 aliphatic carbocycles. The van der Waals surface area contributed by atoms with Crippen LogP contribution >= 0.6 is 12.2 Å². The van der Waals surface area contributed by atoms with E-state index in [1.54, 1.807) is 18.2 Å². The highest BCUT2D eigenvalue weighted by molar-refractivity contribution is 7.71. The van der Waals surface area contributed by atoms with Crippen molar-refractivity contribution in [2.45, 2.75) is 6.54 Å². The number of nitrogens with one attached hydrogen (secondary N) is 1. The van der Waals surface area contributed by atoms with Crippen molar-refractivity contribution in [1.82, 2.24) is 4.98 Å². The van der Waals surface area contributed by atoms with Gasteiger partial charge in [-0.05, 0) is 12.8 Å². The smallest absolute Gasteiger partial charge is 0.277 e. The Balaban J connectivity index is 2.97. The van der Waals surface area contributed by atoms with E-state index in [1.807, 2.05) is 6.07 Å². The number of aromatic amines is 1. The van der Waals surface area contributed by atoms with Gasteiger partial charge in [0.2, 0.25) is 0 Å². The van der Waals surface area contributed by atoms with Crippen molar-refractivity contribution in [2.24, 2.45) is 4.99 Å². The van der Waals surface area contributed by atoms with Crippen molar-refractivity contribution < 1.29 is 4.92 Å². The average Bonchev–Trinajstić information content (AvgIpc) is 2.49. The van der Waals surface area contributed by atoms with Crippen molar-refractivity contribution >= 4 is 30.4 Å². The van der Waals surface area contributed by atoms with Crippen LogP contribution in [0.4, 0.5) is 11.5 Å². The lowest BCUT2D eigenvalue weighted by Gasteiger charge is -2.12. The van der Waals surface area contributed by atoms with Crippen LogP contribution < -0.4 is 5.73 Å². The summed E-state index contributed by atoms with van der Waals surface area (Å²) < 4.78 is 0.275. The second-order valence-corrected chi connectivity index (χ2v) is 4.77. The number of nitrogens with two attached hydrogens (primary N) is 1. The second kappa shape index (κ2) is 6.15. The molecule has 3 N–H and O–H groups in total. The number of anilines is 1. The van der Waals surface area contributed by atoms with Crippen LogP contribution in [0.15, 0.2) is 29.3 Å². The van der Waals surface area contributed by atoms with Gasteiger partial charge in [0.05, 0.1) is 17.0 Å². The van der Waals surface area contributed by atoms with Crippen molar-refractivity contribution in [3.8, 4) is 17.2 Å². The van der Waals surface area contributed by atoms with Crippen molar-refractivity contribution in [1.29, 1.82) is 5.26 Å². The van der Waals surface area contributed by atoms with Gasteiger partial charge in [0.25, 0.3) is 5.69 Å². The van der Waals surface area contributed by atoms with Crippen LogP contribution in [-0.4, -0.2) is 16.6 Å². The molecule has 0 radical (unpaired) electrons. The first-order valence-electron chi connectivity index (χ1n) is 6.12. The normalized spacial score (nSPS) is 9.95. The van der Waals surface area contributed by atoms with E-state index in [0.29, 0.717) is 11.1 Å². The molecule has 22 heavy (non-hydrogen) atoms. The third-order valence-corrected chi connectivity index (χ3v) is 3.44. The number of nitrogen functional groups attached to an aromatic ring is 1. The molecule has 7 nitrogen and oxygen atoms in total. The van der Waals surface area contributed by atoms with E-state index in [1.165, 1.54) is 6.07 Å². The zero-order chi connectivity index (χ0) is 16.3. The lowest BCUT2D eigenvalue weighted by atomic mass is 9.95. The highest BCUT2D eigenvalue weighted by Gasteiger charge is 2.22. The molecular weight excluding hydrogens is 302 g/mol. The number of pyridine rings is 1. The van der Waals surface area contributed by atoms with Gasteiger partial charge in [-0.2, -0.15) is 5.26 Å². The number of hydrogen-bond acceptors (Lipinski definition) is 6. The molecule has 2 rings (SSSR count). The lowest BCUT2D eigenvalue weighted by molar-refractivity contribution is -0.384. The first-order chi connectivity index (χ1) is 10.5. The Bertz CT molecular complexity index is 867. The molecule has 0 aliphatic rings. The Hall–Kier alpha value is -3.05. The summed E-state index contributed by atoms with van der Waals surface area (Å²) >= 11 is 5.21. The van der Waals surface area contributed by atoms with Crippen LogP contribution in [0, 0.1) is 26.1 Å². The topological polar surface area (TPSA) is 121 Å². The SMILES string of the molecule is C=NCc1c(-c2ccccc2[N+](=O)[O-])c(C#N)c(N)[nH]c1=S. The monoisotopic (exact) mass is 313 g/mol. The van der Waals surface area contributed by atoms with Crippen LogP contribution in [0.3, 0.4) is 0 Å². The molecule has 0 saturated heterocycles. The summed E-state index contributed by atoms with van der Waals surface area (Å²) in [7, 11) is 0. The van der Waals surface area contributed by atoms with Crippen molar-refractivity contribution in [3.05, 3.63) is 50.1 Å². The molecule has 110 valence electrons. The zero-order valence-electron chi connectivity index (χ0n) is 11.4. The van der Waals surface area contributed by atoms with Gasteiger partial charge >= 0.3 is 0 Å². The first kappa shape index (κ1) is 15.3. The molecule has 8 heteroatoms. The molecule has 0 fully saturated rings. The molecule has 0 saturated carbocycles. The van der Waals surface area contributed by atoms with E-state index in [-0.39, 0.29) is 33.8 Å². The zero-order valence-corrected chi connectivity index (χ0v) is 12.2. The molecule has 0 spiro atoms. The van der Waals surface area contributed by atoms with Crippen LogP contribution in [0.5, 0.6) is 0 Å². The van der Waals surface area contributed by atoms with Gasteiger partial charge in [-0.15, -0.1) is 0 Å². The van der Waals surface area contributed by atoms with Crippen molar-refractivity contribution in [2.75, 3.05) is 5.73 Å². The standard InChI is InChI=1S/C14H11N5O2S/c1-17-7-10-12(9(6-15)13(16)18-14(10)22)8-4-2-3-5-11(8)19(20)21/h2-5H,1,7H2,(H3,16,18,22). The Morgan fingerprint density at radius 3 is 2.77 bits per heavy atom. The number of H-pyrrole nitrogens is 1. The number of nitro benzene ring substituents is 1. The Labute approximate surface area is 130 Å². The minimum absolute atomic E-state index is 0.0634. The molecule has 1 aromatic carbocycles. The number of nitro groups is 1. The van der Waals surface area contributed by atoms with E-state index < -0.39 is 4.92 Å². The molecule has 2 aromatic rings. The van der Waals surface area contributed by atoms with Gasteiger partial charge in [0.15, 0.2) is 0 Å². The van der Waals surface area contributed by atoms with Crippen LogP contribution in [-0.2, 0) is 6.54 Å². The Kier molecular flexibility index (Phi) is 4.29. The first-order valence-corrected chi connectivity index (χ1v) is 6.53. The number of benzene rings is 1. The summed E-state index contributed by atoms with van der Waals surface area (Å²) in [5.41, 5.74) is 6.84. The number of aromatic nitrogens is 1. The van der Waals surface area contributed by atoms with Gasteiger partial charge in [-0.3, -0.25) is 15.1 Å². The van der Waals surface area contributed by atoms with Crippen molar-refractivity contribution in [3.63, 3.8) is 0 Å². The fourth-order valence-electron chi connectivity index (χ4n) is 2.18. The molecule has 0 unspecified atom stereocenters. The summed E-state index contributed by atoms with van der Waals surface area (Å²) in [5.74, 6) is 0.0634. The quantitative estimate of drug-likeness (QED) is 0.389. The number of para-hydroxylation sites is 1. The third-order valence-electron chi connectivity index (χ3n) is 3.10. The summed E-state index contributed by atoms with van der Waals surface area (Å²) in [5, 5.41) is 20.6. The minimum atomic E-state index is -0.516. The summed E-state index contributed by atoms with van der Waals surface area (Å²) in [4.78, 5) is 17.2. The molecule has 0 bridgehead atoms. The molecule has 0 aliphatic heterocycles. The van der Waals surface area contributed by atoms with Gasteiger partial charge in [-0.1, -0.05) is 24.4 Å². The minimum Gasteiger partial charge on any atom is -0.384 e. The van der Waals surface area contributed by atoms with Crippen LogP contribution in [0.1, 0.15) is 11.1 Å². The van der Waals surface area contributed by atoms with E-state index in [2.05, 4.69) is 16.7 Å². The molecular formula is C14H11N5O2S. The maximum absolute atomic E-state index is 11.3. The Morgan fingerprint density at radius 2 is 2.18 bits per heavy atom. The van der Waals surface area contributed by atoms with E-state index in [9.17, 15) is 15.4 Å². The number of rotatable bonds is 4.